The van der Waals surface area contributed by atoms with E-state index < -0.39 is 0 Å². The Morgan fingerprint density at radius 1 is 1.47 bits per heavy atom. The maximum absolute atomic E-state index is 12.2. The van der Waals surface area contributed by atoms with Crippen molar-refractivity contribution in [1.82, 2.24) is 10.2 Å². The predicted octanol–water partition coefficient (Wildman–Crippen LogP) is 1.01. The van der Waals surface area contributed by atoms with Crippen molar-refractivity contribution in [2.45, 2.75) is 44.8 Å². The third kappa shape index (κ3) is 3.19. The minimum absolute atomic E-state index is 0.246. The Balaban J connectivity index is 1.80. The van der Waals surface area contributed by atoms with Crippen LogP contribution in [-0.4, -0.2) is 49.7 Å². The zero-order valence-electron chi connectivity index (χ0n) is 10.9. The van der Waals surface area contributed by atoms with Gasteiger partial charge in [-0.15, -0.1) is 0 Å². The number of carbonyl (C=O) groups is 1. The van der Waals surface area contributed by atoms with E-state index in [1.54, 1.807) is 7.11 Å². The molecule has 0 aromatic rings. The van der Waals surface area contributed by atoms with E-state index in [0.717, 1.165) is 26.1 Å². The second-order valence-corrected chi connectivity index (χ2v) is 5.37. The van der Waals surface area contributed by atoms with Gasteiger partial charge in [0.15, 0.2) is 0 Å². The highest BCUT2D eigenvalue weighted by molar-refractivity contribution is 5.77. The number of methoxy groups -OCH3 is 1. The van der Waals surface area contributed by atoms with Crippen LogP contribution in [-0.2, 0) is 9.53 Å². The smallest absolute Gasteiger partial charge is 0.224 e. The number of rotatable bonds is 3. The molecule has 1 amide bonds. The summed E-state index contributed by atoms with van der Waals surface area (Å²) in [7, 11) is 1.73. The van der Waals surface area contributed by atoms with Gasteiger partial charge in [0.05, 0.1) is 6.10 Å². The number of carbonyl (C=O) groups excluding carboxylic acids is 1. The van der Waals surface area contributed by atoms with Gasteiger partial charge in [-0.25, -0.2) is 0 Å². The summed E-state index contributed by atoms with van der Waals surface area (Å²) < 4.78 is 5.29. The van der Waals surface area contributed by atoms with Gasteiger partial charge in [-0.1, -0.05) is 6.92 Å². The Kier molecular flexibility index (Phi) is 4.40. The molecule has 0 saturated carbocycles. The van der Waals surface area contributed by atoms with Crippen LogP contribution in [0.25, 0.3) is 0 Å². The van der Waals surface area contributed by atoms with Crippen LogP contribution in [0.2, 0.25) is 0 Å². The number of nitrogens with zero attached hydrogens (tertiary/aromatic N) is 1. The first kappa shape index (κ1) is 12.8. The van der Waals surface area contributed by atoms with E-state index in [1.165, 1.54) is 12.8 Å². The molecule has 0 spiro atoms. The Hall–Kier alpha value is -0.610. The molecule has 2 rings (SSSR count). The molecule has 0 radical (unpaired) electrons. The van der Waals surface area contributed by atoms with Crippen molar-refractivity contribution >= 4 is 5.91 Å². The second kappa shape index (κ2) is 5.83. The second-order valence-electron chi connectivity index (χ2n) is 5.37. The van der Waals surface area contributed by atoms with Gasteiger partial charge in [0.25, 0.3) is 0 Å². The Bertz CT molecular complexity index is 270. The molecule has 2 saturated heterocycles. The molecular weight excluding hydrogens is 216 g/mol. The lowest BCUT2D eigenvalue weighted by molar-refractivity contribution is -0.131. The summed E-state index contributed by atoms with van der Waals surface area (Å²) in [5, 5.41) is 3.47. The van der Waals surface area contributed by atoms with Crippen LogP contribution in [0.5, 0.6) is 0 Å². The minimum atomic E-state index is 0.246. The molecule has 2 heterocycles. The normalized spacial score (nSPS) is 34.0. The molecule has 0 aromatic heterocycles. The summed E-state index contributed by atoms with van der Waals surface area (Å²) in [4.78, 5) is 14.1. The molecule has 17 heavy (non-hydrogen) atoms. The largest absolute Gasteiger partial charge is 0.380 e. The molecule has 3 unspecified atom stereocenters. The maximum atomic E-state index is 12.2. The highest BCUT2D eigenvalue weighted by atomic mass is 16.5. The summed E-state index contributed by atoms with van der Waals surface area (Å²) in [5.74, 6) is 0.907. The van der Waals surface area contributed by atoms with E-state index in [9.17, 15) is 4.79 Å². The van der Waals surface area contributed by atoms with Gasteiger partial charge in [-0.05, 0) is 31.7 Å². The van der Waals surface area contributed by atoms with E-state index in [-0.39, 0.29) is 12.0 Å². The number of hydrogen-bond donors (Lipinski definition) is 1. The van der Waals surface area contributed by atoms with E-state index in [1.807, 2.05) is 4.90 Å². The first-order valence-electron chi connectivity index (χ1n) is 6.74. The zero-order valence-corrected chi connectivity index (χ0v) is 10.9. The van der Waals surface area contributed by atoms with E-state index >= 15 is 0 Å². The molecule has 2 aliphatic rings. The summed E-state index contributed by atoms with van der Waals surface area (Å²) >= 11 is 0. The van der Waals surface area contributed by atoms with Crippen LogP contribution in [0, 0.1) is 5.92 Å². The van der Waals surface area contributed by atoms with Crippen molar-refractivity contribution in [2.24, 2.45) is 5.92 Å². The fourth-order valence-electron chi connectivity index (χ4n) is 2.85. The molecule has 4 heteroatoms. The summed E-state index contributed by atoms with van der Waals surface area (Å²) in [6.07, 6.45) is 4.36. The quantitative estimate of drug-likeness (QED) is 0.800. The van der Waals surface area contributed by atoms with Crippen molar-refractivity contribution in [2.75, 3.05) is 26.7 Å². The van der Waals surface area contributed by atoms with Crippen LogP contribution in [0.1, 0.15) is 32.6 Å². The highest BCUT2D eigenvalue weighted by Crippen LogP contribution is 2.20. The molecule has 0 bridgehead atoms. The molecule has 2 fully saturated rings. The maximum Gasteiger partial charge on any atom is 0.224 e. The van der Waals surface area contributed by atoms with Gasteiger partial charge in [-0.2, -0.15) is 0 Å². The van der Waals surface area contributed by atoms with Crippen LogP contribution in [0.15, 0.2) is 0 Å². The van der Waals surface area contributed by atoms with Gasteiger partial charge < -0.3 is 15.0 Å². The van der Waals surface area contributed by atoms with E-state index in [2.05, 4.69) is 12.2 Å². The molecule has 2 aliphatic heterocycles. The fourth-order valence-corrected chi connectivity index (χ4v) is 2.85. The molecule has 4 nitrogen and oxygen atoms in total. The highest BCUT2D eigenvalue weighted by Gasteiger charge is 2.29. The first-order chi connectivity index (χ1) is 8.20. The summed E-state index contributed by atoms with van der Waals surface area (Å²) in [6, 6.07) is 0.373. The first-order valence-corrected chi connectivity index (χ1v) is 6.74. The average Bonchev–Trinajstić information content (AvgIpc) is 2.81. The number of hydrogen-bond acceptors (Lipinski definition) is 3. The lowest BCUT2D eigenvalue weighted by atomic mass is 9.90. The van der Waals surface area contributed by atoms with Crippen molar-refractivity contribution in [3.63, 3.8) is 0 Å². The standard InChI is InChI=1S/C13H24N2O2/c1-10-4-3-6-14-12(10)8-13(16)15-7-5-11(9-15)17-2/h10-12,14H,3-9H2,1-2H3. The summed E-state index contributed by atoms with van der Waals surface area (Å²) in [6.45, 7) is 4.93. The minimum Gasteiger partial charge on any atom is -0.380 e. The number of likely N-dealkylation sites (tertiary alicyclic amines) is 1. The third-order valence-corrected chi connectivity index (χ3v) is 4.16. The molecule has 0 aromatic carbocycles. The fraction of sp³-hybridized carbons (Fsp3) is 0.923. The van der Waals surface area contributed by atoms with Gasteiger partial charge in [0.1, 0.15) is 0 Å². The monoisotopic (exact) mass is 240 g/mol. The van der Waals surface area contributed by atoms with Gasteiger partial charge in [0, 0.05) is 32.7 Å². The van der Waals surface area contributed by atoms with Crippen molar-refractivity contribution < 1.29 is 9.53 Å². The van der Waals surface area contributed by atoms with Crippen molar-refractivity contribution in [1.29, 1.82) is 0 Å². The van der Waals surface area contributed by atoms with Crippen molar-refractivity contribution in [3.8, 4) is 0 Å². The molecule has 98 valence electrons. The number of piperidine rings is 1. The van der Waals surface area contributed by atoms with Gasteiger partial charge in [-0.3, -0.25) is 4.79 Å². The number of ether oxygens (including phenoxy) is 1. The van der Waals surface area contributed by atoms with Gasteiger partial charge in [0.2, 0.25) is 5.91 Å². The van der Waals surface area contributed by atoms with Crippen LogP contribution in [0.3, 0.4) is 0 Å². The van der Waals surface area contributed by atoms with Crippen LogP contribution in [0.4, 0.5) is 0 Å². The summed E-state index contributed by atoms with van der Waals surface area (Å²) in [5.41, 5.74) is 0. The SMILES string of the molecule is COC1CCN(C(=O)CC2NCCCC2C)C1. The lowest BCUT2D eigenvalue weighted by Gasteiger charge is -2.31. The van der Waals surface area contributed by atoms with Gasteiger partial charge >= 0.3 is 0 Å². The molecule has 1 N–H and O–H groups in total. The Labute approximate surface area is 104 Å². The zero-order chi connectivity index (χ0) is 12.3. The Morgan fingerprint density at radius 3 is 2.94 bits per heavy atom. The Morgan fingerprint density at radius 2 is 2.29 bits per heavy atom. The molecule has 0 aliphatic carbocycles. The van der Waals surface area contributed by atoms with Crippen LogP contribution < -0.4 is 5.32 Å². The number of amides is 1. The van der Waals surface area contributed by atoms with Crippen LogP contribution >= 0.6 is 0 Å². The number of nitrogens with one attached hydrogen (secondary N) is 1. The topological polar surface area (TPSA) is 41.6 Å². The third-order valence-electron chi connectivity index (χ3n) is 4.16. The van der Waals surface area contributed by atoms with E-state index in [4.69, 9.17) is 4.74 Å². The molecular formula is C13H24N2O2. The predicted molar refractivity (Wildman–Crippen MR) is 66.8 cm³/mol. The lowest BCUT2D eigenvalue weighted by Crippen LogP contribution is -2.44. The average molecular weight is 240 g/mol. The van der Waals surface area contributed by atoms with Crippen molar-refractivity contribution in [3.05, 3.63) is 0 Å². The molecule has 3 atom stereocenters. The van der Waals surface area contributed by atoms with E-state index in [0.29, 0.717) is 18.4 Å².